The van der Waals surface area contributed by atoms with Gasteiger partial charge in [-0.05, 0) is 35.7 Å². The van der Waals surface area contributed by atoms with Crippen molar-refractivity contribution in [2.24, 2.45) is 11.8 Å². The molecule has 1 aliphatic carbocycles. The average molecular weight is 393 g/mol. The van der Waals surface area contributed by atoms with E-state index in [1.54, 1.807) is 0 Å². The third-order valence-electron chi connectivity index (χ3n) is 6.33. The minimum atomic E-state index is -0.407. The highest BCUT2D eigenvalue weighted by Crippen LogP contribution is 2.50. The molecule has 0 spiro atoms. The molecule has 1 saturated heterocycles. The summed E-state index contributed by atoms with van der Waals surface area (Å²) in [7, 11) is 0. The van der Waals surface area contributed by atoms with Gasteiger partial charge in [-0.25, -0.2) is 4.90 Å². The van der Waals surface area contributed by atoms with E-state index in [0.29, 0.717) is 5.69 Å². The fourth-order valence-electron chi connectivity index (χ4n) is 4.96. The minimum absolute atomic E-state index is 0.102. The van der Waals surface area contributed by atoms with Gasteiger partial charge in [-0.15, -0.1) is 0 Å². The van der Waals surface area contributed by atoms with Gasteiger partial charge in [0.1, 0.15) is 0 Å². The molecule has 3 aromatic carbocycles. The summed E-state index contributed by atoms with van der Waals surface area (Å²) in [4.78, 5) is 28.8. The molecule has 0 N–H and O–H groups in total. The topological polar surface area (TPSA) is 37.4 Å². The third kappa shape index (κ3) is 2.98. The van der Waals surface area contributed by atoms with E-state index in [2.05, 4.69) is 12.2 Å². The molecule has 1 aliphatic heterocycles. The zero-order chi connectivity index (χ0) is 20.7. The van der Waals surface area contributed by atoms with Crippen LogP contribution >= 0.6 is 0 Å². The molecule has 4 atom stereocenters. The predicted molar refractivity (Wildman–Crippen MR) is 118 cm³/mol. The van der Waals surface area contributed by atoms with Crippen molar-refractivity contribution in [3.63, 3.8) is 0 Å². The smallest absolute Gasteiger partial charge is 0.238 e. The Balaban J connectivity index is 1.64. The van der Waals surface area contributed by atoms with E-state index in [9.17, 15) is 9.59 Å². The summed E-state index contributed by atoms with van der Waals surface area (Å²) in [6, 6.07) is 27.7. The van der Waals surface area contributed by atoms with Crippen molar-refractivity contribution in [3.05, 3.63) is 114 Å². The number of nitrogens with zero attached hydrogens (tertiary/aromatic N) is 1. The van der Waals surface area contributed by atoms with Crippen LogP contribution in [-0.2, 0) is 9.59 Å². The van der Waals surface area contributed by atoms with Gasteiger partial charge in [-0.1, -0.05) is 84.9 Å². The van der Waals surface area contributed by atoms with E-state index in [1.807, 2.05) is 91.9 Å². The summed E-state index contributed by atoms with van der Waals surface area (Å²) < 4.78 is 0. The van der Waals surface area contributed by atoms with E-state index in [0.717, 1.165) is 16.7 Å². The van der Waals surface area contributed by atoms with Crippen LogP contribution in [0.2, 0.25) is 0 Å². The van der Waals surface area contributed by atoms with Crippen LogP contribution in [0.1, 0.15) is 28.5 Å². The maximum Gasteiger partial charge on any atom is 0.238 e. The van der Waals surface area contributed by atoms with Gasteiger partial charge in [0.25, 0.3) is 0 Å². The number of aryl methyl sites for hydroxylation is 1. The van der Waals surface area contributed by atoms with Crippen LogP contribution in [0.15, 0.2) is 97.1 Å². The molecule has 0 aromatic heterocycles. The van der Waals surface area contributed by atoms with E-state index < -0.39 is 11.8 Å². The number of benzene rings is 3. The third-order valence-corrected chi connectivity index (χ3v) is 6.33. The lowest BCUT2D eigenvalue weighted by Crippen LogP contribution is -2.31. The molecule has 3 aromatic rings. The predicted octanol–water partition coefficient (Wildman–Crippen LogP) is 5.24. The molecule has 3 heteroatoms. The number of carbonyl (C=O) groups is 2. The molecule has 5 rings (SSSR count). The Hall–Kier alpha value is -3.46. The zero-order valence-corrected chi connectivity index (χ0v) is 16.8. The highest BCUT2D eigenvalue weighted by molar-refractivity contribution is 6.23. The summed E-state index contributed by atoms with van der Waals surface area (Å²) in [5.74, 6) is -1.24. The maximum absolute atomic E-state index is 13.7. The van der Waals surface area contributed by atoms with Crippen molar-refractivity contribution in [1.29, 1.82) is 0 Å². The molecule has 1 heterocycles. The number of carbonyl (C=O) groups excluding carboxylic acids is 2. The number of hydrogen-bond acceptors (Lipinski definition) is 2. The molecule has 30 heavy (non-hydrogen) atoms. The van der Waals surface area contributed by atoms with Gasteiger partial charge in [0.05, 0.1) is 17.5 Å². The van der Waals surface area contributed by atoms with E-state index >= 15 is 0 Å². The summed E-state index contributed by atoms with van der Waals surface area (Å²) in [5, 5.41) is 0. The van der Waals surface area contributed by atoms with Crippen molar-refractivity contribution >= 4 is 17.5 Å². The first-order chi connectivity index (χ1) is 14.6. The zero-order valence-electron chi connectivity index (χ0n) is 16.8. The van der Waals surface area contributed by atoms with Crippen molar-refractivity contribution in [2.75, 3.05) is 4.90 Å². The molecular weight excluding hydrogens is 370 g/mol. The Bertz CT molecular complexity index is 1050. The molecule has 0 bridgehead atoms. The molecular formula is C27H23NO2. The first-order valence-electron chi connectivity index (χ1n) is 10.4. The van der Waals surface area contributed by atoms with Crippen LogP contribution < -0.4 is 4.90 Å². The number of amides is 2. The lowest BCUT2D eigenvalue weighted by molar-refractivity contribution is -0.122. The Morgan fingerprint density at radius 3 is 1.60 bits per heavy atom. The average Bonchev–Trinajstić information content (AvgIpc) is 3.05. The van der Waals surface area contributed by atoms with Crippen LogP contribution in [0.3, 0.4) is 0 Å². The van der Waals surface area contributed by atoms with Gasteiger partial charge in [-0.2, -0.15) is 0 Å². The van der Waals surface area contributed by atoms with Gasteiger partial charge < -0.3 is 0 Å². The van der Waals surface area contributed by atoms with Gasteiger partial charge in [0.2, 0.25) is 11.8 Å². The Morgan fingerprint density at radius 2 is 1.13 bits per heavy atom. The number of fused-ring (bicyclic) bond motifs is 1. The van der Waals surface area contributed by atoms with Crippen LogP contribution in [0, 0.1) is 18.8 Å². The molecule has 2 aliphatic rings. The lowest BCUT2D eigenvalue weighted by Gasteiger charge is -2.32. The summed E-state index contributed by atoms with van der Waals surface area (Å²) in [6.45, 7) is 1.97. The van der Waals surface area contributed by atoms with Gasteiger partial charge >= 0.3 is 0 Å². The summed E-state index contributed by atoms with van der Waals surface area (Å²) in [5.41, 5.74) is 3.84. The van der Waals surface area contributed by atoms with E-state index in [1.165, 1.54) is 4.90 Å². The second-order valence-electron chi connectivity index (χ2n) is 8.16. The molecule has 2 amide bonds. The van der Waals surface area contributed by atoms with Crippen molar-refractivity contribution in [1.82, 2.24) is 0 Å². The lowest BCUT2D eigenvalue weighted by atomic mass is 9.68. The second-order valence-corrected chi connectivity index (χ2v) is 8.16. The number of rotatable bonds is 3. The Labute approximate surface area is 176 Å². The van der Waals surface area contributed by atoms with Gasteiger partial charge in [0, 0.05) is 11.8 Å². The summed E-state index contributed by atoms with van der Waals surface area (Å²) >= 11 is 0. The van der Waals surface area contributed by atoms with E-state index in [4.69, 9.17) is 0 Å². The summed E-state index contributed by atoms with van der Waals surface area (Å²) in [6.07, 6.45) is 4.25. The number of imide groups is 1. The molecule has 0 unspecified atom stereocenters. The quantitative estimate of drug-likeness (QED) is 0.451. The highest BCUT2D eigenvalue weighted by atomic mass is 16.2. The monoisotopic (exact) mass is 393 g/mol. The van der Waals surface area contributed by atoms with Gasteiger partial charge in [0.15, 0.2) is 0 Å². The van der Waals surface area contributed by atoms with E-state index in [-0.39, 0.29) is 23.7 Å². The molecule has 148 valence electrons. The van der Waals surface area contributed by atoms with Crippen molar-refractivity contribution < 1.29 is 9.59 Å². The molecule has 1 fully saturated rings. The van der Waals surface area contributed by atoms with Crippen LogP contribution in [0.25, 0.3) is 0 Å². The second kappa shape index (κ2) is 7.42. The molecule has 0 radical (unpaired) electrons. The van der Waals surface area contributed by atoms with Crippen molar-refractivity contribution in [3.8, 4) is 0 Å². The molecule has 3 nitrogen and oxygen atoms in total. The standard InChI is InChI=1S/C27H23NO2/c1-18-9-8-14-21(17-18)28-26(29)24-22(19-10-4-2-5-11-19)15-16-23(25(24)27(28)30)20-12-6-3-7-13-20/h2-17,22-25H,1H3/t22-,23-,24-,25+/m1/s1. The van der Waals surface area contributed by atoms with Crippen LogP contribution in [-0.4, -0.2) is 11.8 Å². The largest absolute Gasteiger partial charge is 0.274 e. The maximum atomic E-state index is 13.7. The molecule has 0 saturated carbocycles. The minimum Gasteiger partial charge on any atom is -0.274 e. The fourth-order valence-corrected chi connectivity index (χ4v) is 4.96. The van der Waals surface area contributed by atoms with Gasteiger partial charge in [-0.3, -0.25) is 9.59 Å². The van der Waals surface area contributed by atoms with Crippen LogP contribution in [0.5, 0.6) is 0 Å². The first kappa shape index (κ1) is 18.6. The normalized spacial score (nSPS) is 25.4. The fraction of sp³-hybridized carbons (Fsp3) is 0.185. The van der Waals surface area contributed by atoms with Crippen LogP contribution in [0.4, 0.5) is 5.69 Å². The Kier molecular flexibility index (Phi) is 4.59. The number of anilines is 1. The number of allylic oxidation sites excluding steroid dienone is 2. The first-order valence-corrected chi connectivity index (χ1v) is 10.4. The van der Waals surface area contributed by atoms with Crippen molar-refractivity contribution in [2.45, 2.75) is 18.8 Å². The number of hydrogen-bond donors (Lipinski definition) is 0. The SMILES string of the molecule is Cc1cccc(N2C(=O)[C@@H]3[C@H](C2=O)[C@@H](c2ccccc2)C=C[C@@H]3c2ccccc2)c1. The Morgan fingerprint density at radius 1 is 0.633 bits per heavy atom. The highest BCUT2D eigenvalue weighted by Gasteiger charge is 2.55.